The first kappa shape index (κ1) is 15.9. The number of benzene rings is 1. The van der Waals surface area contributed by atoms with Gasteiger partial charge in [-0.05, 0) is 12.1 Å². The van der Waals surface area contributed by atoms with Crippen LogP contribution in [0.3, 0.4) is 0 Å². The smallest absolute Gasteiger partial charge is 0.358 e. The number of carbonyl (C=O) groups is 1. The average molecular weight is 317 g/mol. The van der Waals surface area contributed by atoms with Crippen molar-refractivity contribution in [2.24, 2.45) is 0 Å². The third kappa shape index (κ3) is 2.78. The number of aromatic carboxylic acids is 1. The Hall–Kier alpha value is -2.46. The Labute approximate surface area is 121 Å². The van der Waals surface area contributed by atoms with Gasteiger partial charge in [-0.1, -0.05) is 5.21 Å². The third-order valence-corrected chi connectivity index (χ3v) is 2.82. The van der Waals surface area contributed by atoms with E-state index < -0.39 is 59.6 Å². The van der Waals surface area contributed by atoms with Gasteiger partial charge in [-0.15, -0.1) is 5.10 Å². The number of nitrogens with zero attached hydrogens (tertiary/aromatic N) is 3. The predicted molar refractivity (Wildman–Crippen MR) is 65.4 cm³/mol. The minimum absolute atomic E-state index is 0.412. The van der Waals surface area contributed by atoms with Crippen LogP contribution in [0.5, 0.6) is 0 Å². The molecule has 118 valence electrons. The second-order valence-electron chi connectivity index (χ2n) is 4.33. The summed E-state index contributed by atoms with van der Waals surface area (Å²) in [6, 6.07) is 1.46. The molecule has 0 saturated carbocycles. The Morgan fingerprint density at radius 2 is 1.95 bits per heavy atom. The van der Waals surface area contributed by atoms with Gasteiger partial charge in [0.2, 0.25) is 0 Å². The van der Waals surface area contributed by atoms with E-state index in [-0.39, 0.29) is 0 Å². The van der Waals surface area contributed by atoms with Crippen LogP contribution < -0.4 is 0 Å². The minimum Gasteiger partial charge on any atom is -0.476 e. The van der Waals surface area contributed by atoms with E-state index in [0.29, 0.717) is 6.07 Å². The first-order chi connectivity index (χ1) is 10.4. The van der Waals surface area contributed by atoms with E-state index in [2.05, 4.69) is 10.3 Å². The molecule has 0 spiro atoms. The molecule has 1 atom stereocenters. The van der Waals surface area contributed by atoms with Crippen LogP contribution >= 0.6 is 0 Å². The molecule has 22 heavy (non-hydrogen) atoms. The van der Waals surface area contributed by atoms with Gasteiger partial charge in [-0.2, -0.15) is 0 Å². The van der Waals surface area contributed by atoms with E-state index >= 15 is 0 Å². The number of aliphatic hydroxyl groups excluding tert-OH is 2. The number of aromatic nitrogens is 3. The molecule has 7 nitrogen and oxygen atoms in total. The zero-order chi connectivity index (χ0) is 16.4. The molecule has 0 aliphatic carbocycles. The molecular formula is C12H10F3N3O4. The van der Waals surface area contributed by atoms with Gasteiger partial charge in [0.05, 0.1) is 19.3 Å². The van der Waals surface area contributed by atoms with Gasteiger partial charge >= 0.3 is 5.97 Å². The van der Waals surface area contributed by atoms with Gasteiger partial charge < -0.3 is 15.3 Å². The van der Waals surface area contributed by atoms with Crippen LogP contribution in [0.25, 0.3) is 11.3 Å². The number of carboxylic acid groups (broad SMARTS) is 1. The Kier molecular flexibility index (Phi) is 4.43. The van der Waals surface area contributed by atoms with Crippen LogP contribution in [0.1, 0.15) is 10.5 Å². The summed E-state index contributed by atoms with van der Waals surface area (Å²) >= 11 is 0. The molecule has 2 rings (SSSR count). The summed E-state index contributed by atoms with van der Waals surface area (Å²) < 4.78 is 41.0. The van der Waals surface area contributed by atoms with Crippen molar-refractivity contribution in [1.29, 1.82) is 0 Å². The summed E-state index contributed by atoms with van der Waals surface area (Å²) in [4.78, 5) is 11.1. The molecule has 1 aromatic carbocycles. The van der Waals surface area contributed by atoms with Crippen molar-refractivity contribution >= 4 is 5.97 Å². The lowest BCUT2D eigenvalue weighted by Gasteiger charge is -2.11. The Balaban J connectivity index is 2.64. The van der Waals surface area contributed by atoms with E-state index in [1.54, 1.807) is 0 Å². The van der Waals surface area contributed by atoms with Crippen LogP contribution in [0.4, 0.5) is 13.2 Å². The maximum Gasteiger partial charge on any atom is 0.358 e. The summed E-state index contributed by atoms with van der Waals surface area (Å²) in [5.41, 5.74) is -1.72. The molecule has 0 bridgehead atoms. The lowest BCUT2D eigenvalue weighted by atomic mass is 10.1. The van der Waals surface area contributed by atoms with Gasteiger partial charge in [0, 0.05) is 5.56 Å². The highest BCUT2D eigenvalue weighted by Crippen LogP contribution is 2.28. The normalized spacial score (nSPS) is 12.4. The zero-order valence-corrected chi connectivity index (χ0v) is 10.9. The topological polar surface area (TPSA) is 108 Å². The Bertz CT molecular complexity index is 720. The third-order valence-electron chi connectivity index (χ3n) is 2.82. The van der Waals surface area contributed by atoms with Crippen molar-refractivity contribution in [2.45, 2.75) is 12.6 Å². The van der Waals surface area contributed by atoms with Gasteiger partial charge in [0.25, 0.3) is 0 Å². The van der Waals surface area contributed by atoms with Gasteiger partial charge in [0.15, 0.2) is 23.1 Å². The van der Waals surface area contributed by atoms with Crippen molar-refractivity contribution in [3.8, 4) is 11.3 Å². The minimum atomic E-state index is -1.77. The molecule has 0 radical (unpaired) electrons. The lowest BCUT2D eigenvalue weighted by molar-refractivity contribution is 0.0690. The molecule has 3 N–H and O–H groups in total. The fourth-order valence-electron chi connectivity index (χ4n) is 1.82. The molecular weight excluding hydrogens is 307 g/mol. The average Bonchev–Trinajstić information content (AvgIpc) is 2.88. The highest BCUT2D eigenvalue weighted by Gasteiger charge is 2.26. The summed E-state index contributed by atoms with van der Waals surface area (Å²) in [6.45, 7) is -1.08. The Morgan fingerprint density at radius 3 is 2.55 bits per heavy atom. The molecule has 0 amide bonds. The van der Waals surface area contributed by atoms with Crippen LogP contribution in [0.15, 0.2) is 12.1 Å². The van der Waals surface area contributed by atoms with Crippen molar-refractivity contribution in [1.82, 2.24) is 15.0 Å². The number of halogens is 3. The van der Waals surface area contributed by atoms with Crippen molar-refractivity contribution < 1.29 is 33.3 Å². The zero-order valence-electron chi connectivity index (χ0n) is 10.9. The first-order valence-corrected chi connectivity index (χ1v) is 5.96. The second kappa shape index (κ2) is 6.12. The van der Waals surface area contributed by atoms with Crippen LogP contribution in [-0.4, -0.2) is 49.0 Å². The number of carboxylic acids is 1. The highest BCUT2D eigenvalue weighted by molar-refractivity contribution is 5.92. The number of rotatable bonds is 5. The maximum atomic E-state index is 13.9. The molecule has 0 aliphatic rings. The monoisotopic (exact) mass is 317 g/mol. The van der Waals surface area contributed by atoms with Crippen LogP contribution in [0, 0.1) is 17.5 Å². The second-order valence-corrected chi connectivity index (χ2v) is 4.33. The van der Waals surface area contributed by atoms with E-state index in [1.165, 1.54) is 0 Å². The number of hydrogen-bond donors (Lipinski definition) is 3. The summed E-state index contributed by atoms with van der Waals surface area (Å²) in [5, 5.41) is 33.9. The van der Waals surface area contributed by atoms with Gasteiger partial charge in [-0.3, -0.25) is 0 Å². The summed E-state index contributed by atoms with van der Waals surface area (Å²) in [7, 11) is 0. The van der Waals surface area contributed by atoms with E-state index in [0.717, 1.165) is 10.7 Å². The van der Waals surface area contributed by atoms with Crippen molar-refractivity contribution in [3.05, 3.63) is 35.3 Å². The maximum absolute atomic E-state index is 13.9. The fraction of sp³-hybridized carbons (Fsp3) is 0.250. The molecule has 1 heterocycles. The standard InChI is InChI=1S/C12H10F3N3O4/c13-7-2-1-6(8(14)9(7)15)11-10(12(21)22)16-17-18(11)3-5(20)4-19/h1-2,5,19-20H,3-4H2,(H,21,22). The molecule has 1 unspecified atom stereocenters. The molecule has 2 aromatic rings. The summed E-state index contributed by atoms with van der Waals surface area (Å²) in [6.07, 6.45) is -1.32. The van der Waals surface area contributed by atoms with Crippen molar-refractivity contribution in [2.75, 3.05) is 6.61 Å². The number of hydrogen-bond acceptors (Lipinski definition) is 5. The fourth-order valence-corrected chi connectivity index (χ4v) is 1.82. The quantitative estimate of drug-likeness (QED) is 0.690. The van der Waals surface area contributed by atoms with E-state index in [9.17, 15) is 23.1 Å². The van der Waals surface area contributed by atoms with Crippen molar-refractivity contribution in [3.63, 3.8) is 0 Å². The largest absolute Gasteiger partial charge is 0.476 e. The molecule has 0 aliphatic heterocycles. The molecule has 1 aromatic heterocycles. The lowest BCUT2D eigenvalue weighted by Crippen LogP contribution is -2.21. The molecule has 0 saturated heterocycles. The van der Waals surface area contributed by atoms with Gasteiger partial charge in [-0.25, -0.2) is 22.6 Å². The van der Waals surface area contributed by atoms with Crippen LogP contribution in [0.2, 0.25) is 0 Å². The molecule has 10 heteroatoms. The molecule has 0 fully saturated rings. The van der Waals surface area contributed by atoms with E-state index in [4.69, 9.17) is 10.2 Å². The predicted octanol–water partition coefficient (Wildman–Crippen LogP) is 0.414. The summed E-state index contributed by atoms with van der Waals surface area (Å²) in [5.74, 6) is -6.38. The SMILES string of the molecule is O=C(O)c1nnn(CC(O)CO)c1-c1ccc(F)c(F)c1F. The number of aliphatic hydroxyl groups is 2. The highest BCUT2D eigenvalue weighted by atomic mass is 19.2. The van der Waals surface area contributed by atoms with Crippen LogP contribution in [-0.2, 0) is 6.54 Å². The Morgan fingerprint density at radius 1 is 1.27 bits per heavy atom. The van der Waals surface area contributed by atoms with E-state index in [1.807, 2.05) is 0 Å². The first-order valence-electron chi connectivity index (χ1n) is 5.96. The van der Waals surface area contributed by atoms with Gasteiger partial charge in [0.1, 0.15) is 5.69 Å².